The molecule has 0 saturated heterocycles. The summed E-state index contributed by atoms with van der Waals surface area (Å²) in [6.45, 7) is 1.84. The predicted molar refractivity (Wildman–Crippen MR) is 23.2 cm³/mol. The third-order valence-corrected chi connectivity index (χ3v) is 0.560. The van der Waals surface area contributed by atoms with Crippen LogP contribution in [0.3, 0.4) is 0 Å². The van der Waals surface area contributed by atoms with Crippen LogP contribution in [0.25, 0.3) is 0 Å². The molecule has 2 heteroatoms. The van der Waals surface area contributed by atoms with Gasteiger partial charge >= 0.3 is 0 Å². The molecule has 0 rings (SSSR count). The summed E-state index contributed by atoms with van der Waals surface area (Å²) in [7, 11) is 0. The molecule has 0 aliphatic heterocycles. The first-order valence-corrected chi connectivity index (χ1v) is 1.87. The van der Waals surface area contributed by atoms with E-state index in [1.807, 2.05) is 6.92 Å². The second-order valence-corrected chi connectivity index (χ2v) is 1.05. The van der Waals surface area contributed by atoms with Gasteiger partial charge in [-0.3, -0.25) is 5.11 Å². The number of rotatable bonds is 1. The Bertz CT molecular complexity index is 58.6. The van der Waals surface area contributed by atoms with Gasteiger partial charge in [-0.15, -0.1) is 0 Å². The molecule has 2 nitrogen and oxygen atoms in total. The Morgan fingerprint density at radius 1 is 2.00 bits per heavy atom. The highest BCUT2D eigenvalue weighted by molar-refractivity contribution is 4.87. The van der Waals surface area contributed by atoms with E-state index in [4.69, 9.17) is 5.73 Å². The molecule has 0 aromatic carbocycles. The van der Waals surface area contributed by atoms with E-state index < -0.39 is 0 Å². The van der Waals surface area contributed by atoms with Gasteiger partial charge in [-0.25, -0.2) is 0 Å². The molecule has 2 N–H and O–H groups in total. The summed E-state index contributed by atoms with van der Waals surface area (Å²) in [6, 6.07) is 0. The molecule has 0 unspecified atom stereocenters. The Morgan fingerprint density at radius 2 is 2.50 bits per heavy atom. The third kappa shape index (κ3) is 1.64. The van der Waals surface area contributed by atoms with Gasteiger partial charge in [0.15, 0.2) is 6.26 Å². The van der Waals surface area contributed by atoms with E-state index >= 15 is 0 Å². The summed E-state index contributed by atoms with van der Waals surface area (Å²) in [5.74, 6) is 0. The van der Waals surface area contributed by atoms with Crippen LogP contribution in [0.1, 0.15) is 13.3 Å². The van der Waals surface area contributed by atoms with Crippen molar-refractivity contribution in [3.63, 3.8) is 0 Å². The van der Waals surface area contributed by atoms with Crippen LogP contribution in [0, 0.1) is 0 Å². The molecule has 0 fully saturated rings. The van der Waals surface area contributed by atoms with Crippen molar-refractivity contribution in [2.45, 2.75) is 13.3 Å². The maximum atomic E-state index is 9.57. The number of allylic oxidation sites excluding steroid dienone is 1. The zero-order valence-corrected chi connectivity index (χ0v) is 3.77. The highest BCUT2D eigenvalue weighted by atomic mass is 16.2. The van der Waals surface area contributed by atoms with Gasteiger partial charge in [0.05, 0.1) is 0 Å². The first-order valence-electron chi connectivity index (χ1n) is 1.87. The smallest absolute Gasteiger partial charge is 0.161 e. The molecule has 0 bridgehead atoms. The van der Waals surface area contributed by atoms with Crippen LogP contribution in [-0.2, 0) is 5.11 Å². The van der Waals surface area contributed by atoms with E-state index in [2.05, 4.69) is 0 Å². The van der Waals surface area contributed by atoms with E-state index in [0.717, 1.165) is 0 Å². The SMILES string of the molecule is CCC(N)=C[O]. The van der Waals surface area contributed by atoms with Crippen LogP contribution in [0.4, 0.5) is 0 Å². The van der Waals surface area contributed by atoms with E-state index in [1.165, 1.54) is 0 Å². The van der Waals surface area contributed by atoms with Crippen LogP contribution in [0.15, 0.2) is 12.0 Å². The Morgan fingerprint density at radius 3 is 2.50 bits per heavy atom. The fourth-order valence-electron chi connectivity index (χ4n) is 0.0833. The first-order chi connectivity index (χ1) is 2.81. The van der Waals surface area contributed by atoms with Crippen molar-refractivity contribution in [2.24, 2.45) is 5.73 Å². The predicted octanol–water partition coefficient (Wildman–Crippen LogP) is 0.627. The monoisotopic (exact) mass is 86.1 g/mol. The molecular weight excluding hydrogens is 78.0 g/mol. The van der Waals surface area contributed by atoms with Gasteiger partial charge in [0.25, 0.3) is 0 Å². The second-order valence-electron chi connectivity index (χ2n) is 1.05. The molecule has 0 aliphatic rings. The lowest BCUT2D eigenvalue weighted by Gasteiger charge is -1.83. The lowest BCUT2D eigenvalue weighted by molar-refractivity contribution is 0.345. The molecule has 35 valence electrons. The molecule has 0 aliphatic carbocycles. The zero-order valence-electron chi connectivity index (χ0n) is 3.77. The van der Waals surface area contributed by atoms with Gasteiger partial charge in [0.1, 0.15) is 0 Å². The highest BCUT2D eigenvalue weighted by Crippen LogP contribution is 1.84. The normalized spacial score (nSPS) is 11.8. The summed E-state index contributed by atoms with van der Waals surface area (Å²) in [5.41, 5.74) is 5.43. The highest BCUT2D eigenvalue weighted by Gasteiger charge is 1.77. The van der Waals surface area contributed by atoms with Crippen molar-refractivity contribution in [2.75, 3.05) is 0 Å². The van der Waals surface area contributed by atoms with Gasteiger partial charge in [-0.1, -0.05) is 6.92 Å². The summed E-state index contributed by atoms with van der Waals surface area (Å²) < 4.78 is 0. The molecule has 0 atom stereocenters. The Labute approximate surface area is 37.3 Å². The largest absolute Gasteiger partial charge is 0.399 e. The number of nitrogens with two attached hydrogens (primary N) is 1. The van der Waals surface area contributed by atoms with E-state index in [9.17, 15) is 5.11 Å². The van der Waals surface area contributed by atoms with Crippen LogP contribution >= 0.6 is 0 Å². The van der Waals surface area contributed by atoms with Crippen molar-refractivity contribution in [3.05, 3.63) is 12.0 Å². The molecule has 0 amide bonds. The average Bonchev–Trinajstić information content (AvgIpc) is 1.65. The molecule has 0 saturated carbocycles. The standard InChI is InChI=1S/C4H8NO/c1-2-4(5)3-6/h3H,2,5H2,1H3. The van der Waals surface area contributed by atoms with Crippen molar-refractivity contribution >= 4 is 0 Å². The quantitative estimate of drug-likeness (QED) is 0.467. The topological polar surface area (TPSA) is 45.9 Å². The lowest BCUT2D eigenvalue weighted by Crippen LogP contribution is -1.92. The fraction of sp³-hybridized carbons (Fsp3) is 0.500. The maximum Gasteiger partial charge on any atom is 0.161 e. The second kappa shape index (κ2) is 2.57. The number of hydrogen-bond acceptors (Lipinski definition) is 1. The van der Waals surface area contributed by atoms with Crippen molar-refractivity contribution in [3.8, 4) is 0 Å². The van der Waals surface area contributed by atoms with Gasteiger partial charge in [0.2, 0.25) is 0 Å². The van der Waals surface area contributed by atoms with Crippen LogP contribution in [0.2, 0.25) is 0 Å². The molecular formula is C4H8NO. The Hall–Kier alpha value is -0.660. The minimum atomic E-state index is 0.412. The Balaban J connectivity index is 3.22. The van der Waals surface area contributed by atoms with Crippen molar-refractivity contribution in [1.29, 1.82) is 0 Å². The molecule has 0 heterocycles. The minimum Gasteiger partial charge on any atom is -0.399 e. The van der Waals surface area contributed by atoms with Crippen LogP contribution in [-0.4, -0.2) is 0 Å². The van der Waals surface area contributed by atoms with E-state index in [-0.39, 0.29) is 0 Å². The molecule has 1 radical (unpaired) electrons. The van der Waals surface area contributed by atoms with E-state index in [0.29, 0.717) is 18.4 Å². The van der Waals surface area contributed by atoms with Crippen LogP contribution in [0.5, 0.6) is 0 Å². The van der Waals surface area contributed by atoms with Gasteiger partial charge < -0.3 is 5.73 Å². The summed E-state index contributed by atoms with van der Waals surface area (Å²) in [5, 5.41) is 9.57. The minimum absolute atomic E-state index is 0.412. The maximum absolute atomic E-state index is 9.57. The Kier molecular flexibility index (Phi) is 2.29. The third-order valence-electron chi connectivity index (χ3n) is 0.560. The molecule has 0 spiro atoms. The van der Waals surface area contributed by atoms with Crippen molar-refractivity contribution in [1.82, 2.24) is 0 Å². The fourth-order valence-corrected chi connectivity index (χ4v) is 0.0833. The number of hydrogen-bond donors (Lipinski definition) is 1. The summed E-state index contributed by atoms with van der Waals surface area (Å²) >= 11 is 0. The molecule has 6 heavy (non-hydrogen) atoms. The van der Waals surface area contributed by atoms with E-state index in [1.54, 1.807) is 0 Å². The van der Waals surface area contributed by atoms with Gasteiger partial charge in [-0.05, 0) is 6.42 Å². The zero-order chi connectivity index (χ0) is 4.99. The molecule has 0 aromatic heterocycles. The lowest BCUT2D eigenvalue weighted by atomic mass is 10.4. The van der Waals surface area contributed by atoms with Crippen LogP contribution < -0.4 is 5.73 Å². The van der Waals surface area contributed by atoms with Crippen molar-refractivity contribution < 1.29 is 5.11 Å². The first kappa shape index (κ1) is 5.34. The average molecular weight is 86.1 g/mol. The van der Waals surface area contributed by atoms with Gasteiger partial charge in [-0.2, -0.15) is 0 Å². The summed E-state index contributed by atoms with van der Waals surface area (Å²) in [4.78, 5) is 0. The summed E-state index contributed by atoms with van der Waals surface area (Å²) in [6.07, 6.45) is 1.32. The van der Waals surface area contributed by atoms with Gasteiger partial charge in [0, 0.05) is 5.70 Å². The molecule has 0 aromatic rings.